The van der Waals surface area contributed by atoms with Gasteiger partial charge in [0.1, 0.15) is 6.61 Å². The Labute approximate surface area is 215 Å². The Balaban J connectivity index is 1.49. The highest BCUT2D eigenvalue weighted by Crippen LogP contribution is 2.39. The zero-order valence-corrected chi connectivity index (χ0v) is 21.6. The first-order valence-electron chi connectivity index (χ1n) is 11.6. The van der Waals surface area contributed by atoms with E-state index in [4.69, 9.17) is 21.1 Å². The molecule has 0 unspecified atom stereocenters. The molecule has 1 aliphatic rings. The summed E-state index contributed by atoms with van der Waals surface area (Å²) in [6.45, 7) is 6.93. The van der Waals surface area contributed by atoms with Crippen LogP contribution in [0.3, 0.4) is 0 Å². The third-order valence-electron chi connectivity index (χ3n) is 5.49. The van der Waals surface area contributed by atoms with E-state index in [0.29, 0.717) is 34.6 Å². The first-order chi connectivity index (χ1) is 16.9. The second-order valence-corrected chi connectivity index (χ2v) is 9.77. The molecule has 7 heteroatoms. The Kier molecular flexibility index (Phi) is 8.26. The van der Waals surface area contributed by atoms with Gasteiger partial charge < -0.3 is 20.1 Å². The summed E-state index contributed by atoms with van der Waals surface area (Å²) in [5.41, 5.74) is 4.97. The van der Waals surface area contributed by atoms with Crippen molar-refractivity contribution in [3.8, 4) is 11.5 Å². The van der Waals surface area contributed by atoms with Gasteiger partial charge >= 0.3 is 0 Å². The number of nitrogens with one attached hydrogen (secondary N) is 2. The molecule has 1 fully saturated rings. The number of amides is 1. The van der Waals surface area contributed by atoms with Crippen molar-refractivity contribution in [1.29, 1.82) is 0 Å². The van der Waals surface area contributed by atoms with Crippen LogP contribution in [0.2, 0.25) is 5.02 Å². The molecule has 0 saturated carbocycles. The topological polar surface area (TPSA) is 59.6 Å². The van der Waals surface area contributed by atoms with Gasteiger partial charge in [-0.3, -0.25) is 4.79 Å². The Hall–Kier alpha value is -3.09. The lowest BCUT2D eigenvalue weighted by molar-refractivity contribution is -0.116. The van der Waals surface area contributed by atoms with Crippen molar-refractivity contribution in [3.05, 3.63) is 92.8 Å². The van der Waals surface area contributed by atoms with Crippen molar-refractivity contribution in [1.82, 2.24) is 5.32 Å². The summed E-state index contributed by atoms with van der Waals surface area (Å²) in [7, 11) is 0. The predicted octanol–water partition coefficient (Wildman–Crippen LogP) is 6.79. The fourth-order valence-electron chi connectivity index (χ4n) is 3.74. The minimum atomic E-state index is -0.250. The Morgan fingerprint density at radius 2 is 1.86 bits per heavy atom. The minimum absolute atomic E-state index is 0.133. The number of halogens is 1. The second-order valence-electron chi connectivity index (χ2n) is 8.22. The molecule has 0 aromatic heterocycles. The first-order valence-corrected chi connectivity index (χ1v) is 12.9. The van der Waals surface area contributed by atoms with Crippen LogP contribution in [0.25, 0.3) is 6.08 Å². The fraction of sp³-hybridized carbons (Fsp3) is 0.250. The van der Waals surface area contributed by atoms with Crippen LogP contribution in [0.15, 0.2) is 65.6 Å². The van der Waals surface area contributed by atoms with Crippen LogP contribution < -0.4 is 20.1 Å². The molecule has 3 aromatic rings. The molecular weight excluding hydrogens is 480 g/mol. The number of carbonyl (C=O) groups excluding carboxylic acids is 1. The van der Waals surface area contributed by atoms with E-state index in [0.717, 1.165) is 23.2 Å². The smallest absolute Gasteiger partial charge is 0.260 e. The van der Waals surface area contributed by atoms with Gasteiger partial charge in [0.25, 0.3) is 5.91 Å². The number of rotatable bonds is 9. The van der Waals surface area contributed by atoms with Crippen molar-refractivity contribution >= 4 is 41.0 Å². The highest BCUT2D eigenvalue weighted by atomic mass is 35.5. The molecule has 1 amide bonds. The van der Waals surface area contributed by atoms with E-state index < -0.39 is 0 Å². The van der Waals surface area contributed by atoms with Crippen LogP contribution in [0.1, 0.15) is 36.1 Å². The number of hydrogen-bond donors (Lipinski definition) is 2. The SMILES string of the molecule is CCOc1cc(/C=C2\S[C@H](Nc3ccc(CC)cc3)NC2=O)cc(Cl)c1OCc1cccc(C)c1. The Morgan fingerprint density at radius 3 is 2.57 bits per heavy atom. The van der Waals surface area contributed by atoms with Gasteiger partial charge in [0.2, 0.25) is 0 Å². The number of benzene rings is 3. The summed E-state index contributed by atoms with van der Waals surface area (Å²) < 4.78 is 11.9. The molecule has 182 valence electrons. The fourth-order valence-corrected chi connectivity index (χ4v) is 5.00. The predicted molar refractivity (Wildman–Crippen MR) is 145 cm³/mol. The van der Waals surface area contributed by atoms with E-state index >= 15 is 0 Å². The van der Waals surface area contributed by atoms with Gasteiger partial charge in [-0.05, 0) is 67.3 Å². The van der Waals surface area contributed by atoms with E-state index in [1.54, 1.807) is 6.07 Å². The van der Waals surface area contributed by atoms with E-state index in [-0.39, 0.29) is 11.4 Å². The van der Waals surface area contributed by atoms with Crippen LogP contribution in [-0.4, -0.2) is 18.0 Å². The third-order valence-corrected chi connectivity index (χ3v) is 6.80. The summed E-state index contributed by atoms with van der Waals surface area (Å²) in [6.07, 6.45) is 2.81. The lowest BCUT2D eigenvalue weighted by Gasteiger charge is -2.15. The Bertz CT molecular complexity index is 1230. The molecule has 4 rings (SSSR count). The minimum Gasteiger partial charge on any atom is -0.490 e. The standard InChI is InChI=1S/C28H29ClN2O3S/c1-4-19-9-11-22(12-10-19)30-28-31-27(32)25(35-28)16-21-14-23(29)26(24(15-21)33-5-2)34-17-20-8-6-7-18(3)13-20/h6-16,28,30H,4-5,17H2,1-3H3,(H,31,32)/b25-16-/t28-/m1/s1. The lowest BCUT2D eigenvalue weighted by atomic mass is 10.1. The summed E-state index contributed by atoms with van der Waals surface area (Å²) in [5.74, 6) is 0.913. The number of carbonyl (C=O) groups is 1. The van der Waals surface area contributed by atoms with Crippen LogP contribution in [0.4, 0.5) is 5.69 Å². The van der Waals surface area contributed by atoms with Gasteiger partial charge in [-0.2, -0.15) is 0 Å². The number of ether oxygens (including phenoxy) is 2. The highest BCUT2D eigenvalue weighted by molar-refractivity contribution is 8.05. The number of anilines is 1. The van der Waals surface area contributed by atoms with Gasteiger partial charge in [-0.25, -0.2) is 0 Å². The van der Waals surface area contributed by atoms with Crippen molar-refractivity contribution < 1.29 is 14.3 Å². The molecule has 1 saturated heterocycles. The molecule has 1 aliphatic heterocycles. The number of thioether (sulfide) groups is 1. The molecule has 35 heavy (non-hydrogen) atoms. The first kappa shape index (κ1) is 25.0. The highest BCUT2D eigenvalue weighted by Gasteiger charge is 2.27. The zero-order valence-electron chi connectivity index (χ0n) is 20.1. The molecule has 1 atom stereocenters. The molecular formula is C28H29ClN2O3S. The van der Waals surface area contributed by atoms with E-state index in [9.17, 15) is 4.79 Å². The van der Waals surface area contributed by atoms with Crippen molar-refractivity contribution in [2.75, 3.05) is 11.9 Å². The van der Waals surface area contributed by atoms with Crippen LogP contribution in [0, 0.1) is 6.92 Å². The third kappa shape index (κ3) is 6.53. The van der Waals surface area contributed by atoms with Crippen LogP contribution >= 0.6 is 23.4 Å². The summed E-state index contributed by atoms with van der Waals surface area (Å²) in [6, 6.07) is 20.0. The van der Waals surface area contributed by atoms with Gasteiger partial charge in [0, 0.05) is 5.69 Å². The summed E-state index contributed by atoms with van der Waals surface area (Å²) in [4.78, 5) is 13.2. The molecule has 0 bridgehead atoms. The van der Waals surface area contributed by atoms with Crippen molar-refractivity contribution in [3.63, 3.8) is 0 Å². The van der Waals surface area contributed by atoms with Crippen LogP contribution in [0.5, 0.6) is 11.5 Å². The molecule has 5 nitrogen and oxygen atoms in total. The molecule has 2 N–H and O–H groups in total. The van der Waals surface area contributed by atoms with Gasteiger partial charge in [-0.15, -0.1) is 0 Å². The maximum absolute atomic E-state index is 12.6. The zero-order chi connectivity index (χ0) is 24.8. The number of aryl methyl sites for hydroxylation is 2. The van der Waals surface area contributed by atoms with Gasteiger partial charge in [0.15, 0.2) is 17.0 Å². The van der Waals surface area contributed by atoms with Gasteiger partial charge in [-0.1, -0.05) is 72.2 Å². The largest absolute Gasteiger partial charge is 0.490 e. The molecule has 3 aromatic carbocycles. The summed E-state index contributed by atoms with van der Waals surface area (Å²) >= 11 is 8.03. The average Bonchev–Trinajstić information content (AvgIpc) is 3.17. The van der Waals surface area contributed by atoms with E-state index in [1.165, 1.54) is 22.9 Å². The number of hydrogen-bond acceptors (Lipinski definition) is 5. The quantitative estimate of drug-likeness (QED) is 0.312. The maximum atomic E-state index is 12.6. The maximum Gasteiger partial charge on any atom is 0.260 e. The molecule has 1 heterocycles. The second kappa shape index (κ2) is 11.6. The van der Waals surface area contributed by atoms with Crippen molar-refractivity contribution in [2.24, 2.45) is 0 Å². The van der Waals surface area contributed by atoms with Gasteiger partial charge in [0.05, 0.1) is 16.5 Å². The molecule has 0 radical (unpaired) electrons. The van der Waals surface area contributed by atoms with Crippen molar-refractivity contribution in [2.45, 2.75) is 39.3 Å². The normalized spacial score (nSPS) is 16.3. The molecule has 0 spiro atoms. The van der Waals surface area contributed by atoms with Crippen LogP contribution in [-0.2, 0) is 17.8 Å². The molecule has 0 aliphatic carbocycles. The monoisotopic (exact) mass is 508 g/mol. The van der Waals surface area contributed by atoms with E-state index in [2.05, 4.69) is 35.8 Å². The Morgan fingerprint density at radius 1 is 1.06 bits per heavy atom. The van der Waals surface area contributed by atoms with E-state index in [1.807, 2.05) is 56.3 Å². The lowest BCUT2D eigenvalue weighted by Crippen LogP contribution is -2.30. The summed E-state index contributed by atoms with van der Waals surface area (Å²) in [5, 5.41) is 6.75. The average molecular weight is 509 g/mol.